The second-order valence-electron chi connectivity index (χ2n) is 3.02. The van der Waals surface area contributed by atoms with Crippen LogP contribution in [0, 0.1) is 0 Å². The fourth-order valence-electron chi connectivity index (χ4n) is 0.806. The summed E-state index contributed by atoms with van der Waals surface area (Å²) in [6, 6.07) is 0. The number of amides is 3. The standard InChI is InChI=1S/C6H15N3O4P4/c10-3(7-6(16)5(12)9-17)1(14)2(15)4(11)8-13/h1-2,6,13H,14-17H2,(H,7,10)(H,8,11)(H,9,12)/t1-,2+,6+/m1/s1. The number of nitrogens with one attached hydrogen (secondary N) is 3. The molecule has 4 unspecified atom stereocenters. The van der Waals surface area contributed by atoms with Crippen molar-refractivity contribution in [3.63, 3.8) is 0 Å². The number of hydrogen-bond donors (Lipinski definition) is 4. The number of hydroxylamine groups is 1. The van der Waals surface area contributed by atoms with Gasteiger partial charge in [-0.25, -0.2) is 5.48 Å². The van der Waals surface area contributed by atoms with E-state index in [0.29, 0.717) is 0 Å². The molecule has 7 atom stereocenters. The fraction of sp³-hybridized carbons (Fsp3) is 0.500. The highest BCUT2D eigenvalue weighted by Crippen LogP contribution is 2.16. The van der Waals surface area contributed by atoms with Crippen molar-refractivity contribution in [3.05, 3.63) is 0 Å². The Morgan fingerprint density at radius 1 is 0.941 bits per heavy atom. The highest BCUT2D eigenvalue weighted by Gasteiger charge is 2.28. The predicted molar refractivity (Wildman–Crippen MR) is 76.4 cm³/mol. The zero-order chi connectivity index (χ0) is 13.6. The van der Waals surface area contributed by atoms with E-state index in [0.717, 1.165) is 0 Å². The molecule has 0 aliphatic carbocycles. The van der Waals surface area contributed by atoms with E-state index in [4.69, 9.17) is 5.21 Å². The highest BCUT2D eigenvalue weighted by molar-refractivity contribution is 7.26. The first-order valence-electron chi connectivity index (χ1n) is 4.36. The molecule has 3 amide bonds. The largest absolute Gasteiger partial charge is 0.341 e. The van der Waals surface area contributed by atoms with Crippen LogP contribution < -0.4 is 15.9 Å². The summed E-state index contributed by atoms with van der Waals surface area (Å²) in [6.45, 7) is 0. The summed E-state index contributed by atoms with van der Waals surface area (Å²) in [4.78, 5) is 33.8. The molecule has 0 bridgehead atoms. The number of hydrogen-bond acceptors (Lipinski definition) is 4. The lowest BCUT2D eigenvalue weighted by molar-refractivity contribution is -0.131. The normalized spacial score (nSPS) is 15.4. The van der Waals surface area contributed by atoms with Crippen molar-refractivity contribution in [2.45, 2.75) is 17.1 Å². The van der Waals surface area contributed by atoms with Crippen LogP contribution in [0.5, 0.6) is 0 Å². The summed E-state index contributed by atoms with van der Waals surface area (Å²) in [7, 11) is 8.48. The lowest BCUT2D eigenvalue weighted by atomic mass is 10.2. The maximum absolute atomic E-state index is 11.6. The third-order valence-electron chi connectivity index (χ3n) is 1.83. The summed E-state index contributed by atoms with van der Waals surface area (Å²) in [5.74, 6) is -2.41. The quantitative estimate of drug-likeness (QED) is 0.273. The monoisotopic (exact) mass is 317 g/mol. The second-order valence-corrected chi connectivity index (χ2v) is 5.41. The van der Waals surface area contributed by atoms with Gasteiger partial charge in [0.2, 0.25) is 11.8 Å². The first-order chi connectivity index (χ1) is 7.84. The van der Waals surface area contributed by atoms with E-state index in [1.807, 2.05) is 9.39 Å². The van der Waals surface area contributed by atoms with Crippen LogP contribution in [0.4, 0.5) is 0 Å². The second kappa shape index (κ2) is 8.24. The molecule has 0 saturated heterocycles. The Kier molecular flexibility index (Phi) is 8.28. The van der Waals surface area contributed by atoms with Crippen molar-refractivity contribution < 1.29 is 19.6 Å². The van der Waals surface area contributed by atoms with Crippen molar-refractivity contribution in [1.29, 1.82) is 0 Å². The van der Waals surface area contributed by atoms with E-state index in [1.165, 1.54) is 5.48 Å². The van der Waals surface area contributed by atoms with Crippen molar-refractivity contribution >= 4 is 54.8 Å². The van der Waals surface area contributed by atoms with Gasteiger partial charge in [-0.3, -0.25) is 19.6 Å². The Balaban J connectivity index is 4.41. The van der Waals surface area contributed by atoms with Gasteiger partial charge in [-0.1, -0.05) is 0 Å². The van der Waals surface area contributed by atoms with Crippen molar-refractivity contribution in [2.75, 3.05) is 0 Å². The van der Waals surface area contributed by atoms with E-state index >= 15 is 0 Å². The van der Waals surface area contributed by atoms with E-state index in [9.17, 15) is 14.4 Å². The summed E-state index contributed by atoms with van der Waals surface area (Å²) < 4.78 is 0. The molecule has 0 aliphatic rings. The van der Waals surface area contributed by atoms with Gasteiger partial charge < -0.3 is 10.4 Å². The average molecular weight is 317 g/mol. The van der Waals surface area contributed by atoms with Gasteiger partial charge >= 0.3 is 0 Å². The van der Waals surface area contributed by atoms with Gasteiger partial charge in [-0.2, -0.15) is 0 Å². The van der Waals surface area contributed by atoms with Crippen LogP contribution in [0.1, 0.15) is 0 Å². The molecule has 0 radical (unpaired) electrons. The Morgan fingerprint density at radius 3 is 1.82 bits per heavy atom. The smallest absolute Gasteiger partial charge is 0.251 e. The van der Waals surface area contributed by atoms with E-state index in [-0.39, 0.29) is 0 Å². The first kappa shape index (κ1) is 17.1. The average Bonchev–Trinajstić information content (AvgIpc) is 2.34. The molecule has 0 aromatic rings. The minimum absolute atomic E-state index is 0.405. The third-order valence-corrected chi connectivity index (χ3v) is 4.46. The summed E-state index contributed by atoms with van der Waals surface area (Å²) in [6.07, 6.45) is 0. The van der Waals surface area contributed by atoms with Crippen molar-refractivity contribution in [1.82, 2.24) is 15.9 Å². The summed E-state index contributed by atoms with van der Waals surface area (Å²) in [5, 5.41) is 13.1. The van der Waals surface area contributed by atoms with Crippen molar-refractivity contribution in [2.24, 2.45) is 0 Å². The minimum atomic E-state index is -0.818. The van der Waals surface area contributed by atoms with E-state index in [1.54, 1.807) is 0 Å². The molecular weight excluding hydrogens is 302 g/mol. The first-order valence-corrected chi connectivity index (χ1v) is 6.94. The van der Waals surface area contributed by atoms with Crippen LogP contribution in [-0.2, 0) is 14.4 Å². The Hall–Kier alpha value is 0.0900. The molecule has 0 saturated carbocycles. The molecule has 0 aliphatic heterocycles. The van der Waals surface area contributed by atoms with Crippen LogP contribution in [0.15, 0.2) is 0 Å². The van der Waals surface area contributed by atoms with Gasteiger partial charge in [0.1, 0.15) is 5.78 Å². The highest BCUT2D eigenvalue weighted by atomic mass is 31.0. The minimum Gasteiger partial charge on any atom is -0.341 e. The molecule has 0 aromatic heterocycles. The molecule has 0 heterocycles. The van der Waals surface area contributed by atoms with Gasteiger partial charge in [0, 0.05) is 0 Å². The maximum Gasteiger partial charge on any atom is 0.251 e. The Labute approximate surface area is 108 Å². The number of carbonyl (C=O) groups is 3. The SMILES string of the molecule is O=C(NP)[C@H](P)NC(=O)[C@H](P)[C@H](P)C(=O)NO. The Morgan fingerprint density at radius 2 is 1.41 bits per heavy atom. The van der Waals surface area contributed by atoms with Gasteiger partial charge in [0.25, 0.3) is 5.91 Å². The molecule has 98 valence electrons. The molecule has 7 nitrogen and oxygen atoms in total. The zero-order valence-electron chi connectivity index (χ0n) is 8.71. The lowest BCUT2D eigenvalue weighted by Gasteiger charge is -2.19. The third kappa shape index (κ3) is 5.50. The molecule has 17 heavy (non-hydrogen) atoms. The van der Waals surface area contributed by atoms with Gasteiger partial charge in [0.15, 0.2) is 0 Å². The van der Waals surface area contributed by atoms with Crippen LogP contribution in [0.3, 0.4) is 0 Å². The fourth-order valence-corrected chi connectivity index (χ4v) is 1.96. The summed E-state index contributed by atoms with van der Waals surface area (Å²) >= 11 is 0. The van der Waals surface area contributed by atoms with Crippen LogP contribution in [0.25, 0.3) is 0 Å². The van der Waals surface area contributed by atoms with Gasteiger partial charge in [0.05, 0.1) is 11.3 Å². The van der Waals surface area contributed by atoms with Crippen LogP contribution in [-0.4, -0.2) is 40.0 Å². The molecule has 0 rings (SSSR count). The number of carbonyl (C=O) groups excluding carboxylic acids is 3. The molecule has 0 spiro atoms. The number of rotatable bonds is 5. The Bertz CT molecular complexity index is 316. The molecular formula is C6H15N3O4P4. The maximum atomic E-state index is 11.6. The van der Waals surface area contributed by atoms with Crippen LogP contribution in [0.2, 0.25) is 0 Å². The van der Waals surface area contributed by atoms with E-state index < -0.39 is 34.8 Å². The topological polar surface area (TPSA) is 108 Å². The van der Waals surface area contributed by atoms with E-state index in [2.05, 4.69) is 38.1 Å². The molecule has 4 N–H and O–H groups in total. The summed E-state index contributed by atoms with van der Waals surface area (Å²) in [5.41, 5.74) is -0.156. The molecule has 0 fully saturated rings. The predicted octanol–water partition coefficient (Wildman–Crippen LogP) is -1.80. The van der Waals surface area contributed by atoms with Crippen molar-refractivity contribution in [3.8, 4) is 0 Å². The van der Waals surface area contributed by atoms with Crippen LogP contribution >= 0.6 is 37.1 Å². The molecule has 0 aromatic carbocycles. The molecule has 11 heteroatoms. The van der Waals surface area contributed by atoms with Gasteiger partial charge in [-0.15, -0.1) is 27.7 Å². The zero-order valence-corrected chi connectivity index (χ0v) is 13.3. The van der Waals surface area contributed by atoms with Gasteiger partial charge in [-0.05, 0) is 9.39 Å². The lowest BCUT2D eigenvalue weighted by Crippen LogP contribution is -2.47.